The third kappa shape index (κ3) is 5.03. The van der Waals surface area contributed by atoms with E-state index in [2.05, 4.69) is 4.52 Å². The molecule has 0 saturated carbocycles. The van der Waals surface area contributed by atoms with Crippen molar-refractivity contribution in [2.45, 2.75) is 26.4 Å². The molecule has 0 aliphatic heterocycles. The zero-order valence-electron chi connectivity index (χ0n) is 7.93. The largest absolute Gasteiger partial charge is 0.392 e. The summed E-state index contributed by atoms with van der Waals surface area (Å²) in [5.74, 6) is -1.62. The molecule has 0 saturated heterocycles. The third-order valence-corrected chi connectivity index (χ3v) is 2.15. The monoisotopic (exact) mass is 210 g/mol. The molecule has 1 unspecified atom stereocenters. The van der Waals surface area contributed by atoms with Crippen LogP contribution in [0.15, 0.2) is 0 Å². The molecule has 3 atom stereocenters. The Morgan fingerprint density at radius 3 is 2.38 bits per heavy atom. The molecule has 0 aromatic rings. The number of carbonyl (C=O) groups excluding carboxylic acids is 1. The van der Waals surface area contributed by atoms with Crippen molar-refractivity contribution in [3.05, 3.63) is 0 Å². The standard InChI is InChI=1S/C7H15O5P/c1-4-6(8)5(2)7(9)12-13(3,10)11/h5-6,8H,4H2,1-3H3,(H,10,11)/t5-,6+/m1/s1. The molecular formula is C7H15O5P. The van der Waals surface area contributed by atoms with E-state index in [9.17, 15) is 14.5 Å². The molecule has 0 amide bonds. The SMILES string of the molecule is CC[C@H](O)[C@@H](C)C(=O)OP(C)(=O)O. The predicted octanol–water partition coefficient (Wildman–Crippen LogP) is 0.752. The van der Waals surface area contributed by atoms with Gasteiger partial charge in [-0.1, -0.05) is 6.92 Å². The molecule has 0 aliphatic carbocycles. The van der Waals surface area contributed by atoms with E-state index in [1.807, 2.05) is 0 Å². The first-order valence-electron chi connectivity index (χ1n) is 3.99. The number of aliphatic hydroxyl groups excluding tert-OH is 1. The Morgan fingerprint density at radius 2 is 2.08 bits per heavy atom. The van der Waals surface area contributed by atoms with Gasteiger partial charge in [0, 0.05) is 6.66 Å². The molecule has 0 rings (SSSR count). The lowest BCUT2D eigenvalue weighted by molar-refractivity contribution is -0.142. The molecule has 2 N–H and O–H groups in total. The van der Waals surface area contributed by atoms with Crippen molar-refractivity contribution in [1.82, 2.24) is 0 Å². The Kier molecular flexibility index (Phi) is 4.61. The van der Waals surface area contributed by atoms with Crippen molar-refractivity contribution >= 4 is 13.6 Å². The predicted molar refractivity (Wildman–Crippen MR) is 47.3 cm³/mol. The number of hydrogen-bond donors (Lipinski definition) is 2. The Morgan fingerprint density at radius 1 is 1.62 bits per heavy atom. The van der Waals surface area contributed by atoms with E-state index in [1.165, 1.54) is 6.92 Å². The lowest BCUT2D eigenvalue weighted by Crippen LogP contribution is -2.26. The van der Waals surface area contributed by atoms with Gasteiger partial charge in [-0.15, -0.1) is 0 Å². The van der Waals surface area contributed by atoms with Crippen molar-refractivity contribution in [2.75, 3.05) is 6.66 Å². The van der Waals surface area contributed by atoms with E-state index >= 15 is 0 Å². The number of rotatable bonds is 4. The second-order valence-electron chi connectivity index (χ2n) is 2.98. The van der Waals surface area contributed by atoms with E-state index in [0.29, 0.717) is 6.42 Å². The van der Waals surface area contributed by atoms with Gasteiger partial charge in [0.05, 0.1) is 12.0 Å². The number of aliphatic hydroxyl groups is 1. The fraction of sp³-hybridized carbons (Fsp3) is 0.857. The Hall–Kier alpha value is -0.380. The molecule has 0 aromatic carbocycles. The van der Waals surface area contributed by atoms with Crippen molar-refractivity contribution in [3.8, 4) is 0 Å². The fourth-order valence-electron chi connectivity index (χ4n) is 0.761. The Balaban J connectivity index is 4.20. The minimum atomic E-state index is -3.79. The first kappa shape index (κ1) is 12.6. The van der Waals surface area contributed by atoms with Crippen molar-refractivity contribution < 1.29 is 23.9 Å². The lowest BCUT2D eigenvalue weighted by Gasteiger charge is -2.16. The highest BCUT2D eigenvalue weighted by Crippen LogP contribution is 2.37. The van der Waals surface area contributed by atoms with Crippen LogP contribution in [0.25, 0.3) is 0 Å². The summed E-state index contributed by atoms with van der Waals surface area (Å²) in [5.41, 5.74) is 0. The highest BCUT2D eigenvalue weighted by molar-refractivity contribution is 7.52. The summed E-state index contributed by atoms with van der Waals surface area (Å²) in [7, 11) is -3.79. The van der Waals surface area contributed by atoms with E-state index in [0.717, 1.165) is 6.66 Å². The Labute approximate surface area is 77.3 Å². The maximum Gasteiger partial charge on any atom is 0.375 e. The highest BCUT2D eigenvalue weighted by atomic mass is 31.2. The summed E-state index contributed by atoms with van der Waals surface area (Å²) in [4.78, 5) is 19.8. The van der Waals surface area contributed by atoms with Crippen molar-refractivity contribution in [1.29, 1.82) is 0 Å². The summed E-state index contributed by atoms with van der Waals surface area (Å²) in [6.45, 7) is 4.08. The fourth-order valence-corrected chi connectivity index (χ4v) is 1.26. The summed E-state index contributed by atoms with van der Waals surface area (Å²) in [6, 6.07) is 0. The first-order valence-corrected chi connectivity index (χ1v) is 6.02. The van der Waals surface area contributed by atoms with E-state index in [4.69, 9.17) is 4.89 Å². The summed E-state index contributed by atoms with van der Waals surface area (Å²) in [5, 5.41) is 9.22. The van der Waals surface area contributed by atoms with Gasteiger partial charge in [0.2, 0.25) is 0 Å². The van der Waals surface area contributed by atoms with E-state index < -0.39 is 25.6 Å². The van der Waals surface area contributed by atoms with Crippen LogP contribution >= 0.6 is 7.60 Å². The zero-order chi connectivity index (χ0) is 10.6. The highest BCUT2D eigenvalue weighted by Gasteiger charge is 2.26. The second kappa shape index (κ2) is 4.74. The minimum Gasteiger partial charge on any atom is -0.392 e. The average Bonchev–Trinajstić information content (AvgIpc) is 1.98. The summed E-state index contributed by atoms with van der Waals surface area (Å²) < 4.78 is 14.9. The average molecular weight is 210 g/mol. The molecule has 0 heterocycles. The van der Waals surface area contributed by atoms with Gasteiger partial charge in [0.25, 0.3) is 0 Å². The summed E-state index contributed by atoms with van der Waals surface area (Å²) in [6.07, 6.45) is -0.436. The lowest BCUT2D eigenvalue weighted by atomic mass is 10.0. The van der Waals surface area contributed by atoms with Crippen molar-refractivity contribution in [2.24, 2.45) is 5.92 Å². The molecule has 0 spiro atoms. The second-order valence-corrected chi connectivity index (χ2v) is 4.77. The quantitative estimate of drug-likeness (QED) is 0.669. The molecule has 0 fully saturated rings. The number of carbonyl (C=O) groups is 1. The van der Waals surface area contributed by atoms with Crippen LogP contribution in [-0.2, 0) is 13.9 Å². The van der Waals surface area contributed by atoms with Crippen LogP contribution in [0.1, 0.15) is 20.3 Å². The van der Waals surface area contributed by atoms with Crippen molar-refractivity contribution in [3.63, 3.8) is 0 Å². The van der Waals surface area contributed by atoms with Gasteiger partial charge in [-0.3, -0.25) is 4.79 Å². The molecule has 0 aromatic heterocycles. The zero-order valence-corrected chi connectivity index (χ0v) is 8.82. The van der Waals surface area contributed by atoms with Crippen LogP contribution in [0.4, 0.5) is 0 Å². The topological polar surface area (TPSA) is 83.8 Å². The summed E-state index contributed by atoms with van der Waals surface area (Å²) >= 11 is 0. The van der Waals surface area contributed by atoms with Crippen LogP contribution in [0.2, 0.25) is 0 Å². The van der Waals surface area contributed by atoms with Crippen LogP contribution in [0.5, 0.6) is 0 Å². The maximum atomic E-state index is 11.0. The van der Waals surface area contributed by atoms with Gasteiger partial charge in [-0.25, -0.2) is 4.57 Å². The van der Waals surface area contributed by atoms with Gasteiger partial charge in [0.15, 0.2) is 0 Å². The molecule has 78 valence electrons. The smallest absolute Gasteiger partial charge is 0.375 e. The molecule has 5 nitrogen and oxygen atoms in total. The molecule has 0 radical (unpaired) electrons. The van der Waals surface area contributed by atoms with Gasteiger partial charge >= 0.3 is 13.6 Å². The molecule has 13 heavy (non-hydrogen) atoms. The normalized spacial score (nSPS) is 20.1. The van der Waals surface area contributed by atoms with E-state index in [1.54, 1.807) is 6.92 Å². The van der Waals surface area contributed by atoms with Crippen LogP contribution in [0, 0.1) is 5.92 Å². The molecule has 0 aliphatic rings. The van der Waals surface area contributed by atoms with Gasteiger partial charge in [-0.05, 0) is 13.3 Å². The van der Waals surface area contributed by atoms with Crippen LogP contribution in [0.3, 0.4) is 0 Å². The van der Waals surface area contributed by atoms with Crippen LogP contribution < -0.4 is 0 Å². The number of hydrogen-bond acceptors (Lipinski definition) is 4. The van der Waals surface area contributed by atoms with Gasteiger partial charge in [-0.2, -0.15) is 0 Å². The van der Waals surface area contributed by atoms with Gasteiger partial charge in [0.1, 0.15) is 0 Å². The minimum absolute atomic E-state index is 0.399. The van der Waals surface area contributed by atoms with E-state index in [-0.39, 0.29) is 0 Å². The molecule has 6 heteroatoms. The van der Waals surface area contributed by atoms with Crippen LogP contribution in [-0.4, -0.2) is 28.7 Å². The first-order chi connectivity index (χ1) is 5.78. The Bertz CT molecular complexity index is 221. The van der Waals surface area contributed by atoms with Gasteiger partial charge < -0.3 is 14.5 Å². The third-order valence-electron chi connectivity index (χ3n) is 1.63. The molecular weight excluding hydrogens is 195 g/mol. The maximum absolute atomic E-state index is 11.0. The molecule has 0 bridgehead atoms.